The van der Waals surface area contributed by atoms with Gasteiger partial charge in [0.2, 0.25) is 0 Å². The van der Waals surface area contributed by atoms with Gasteiger partial charge in [-0.15, -0.1) is 0 Å². The van der Waals surface area contributed by atoms with E-state index < -0.39 is 0 Å². The van der Waals surface area contributed by atoms with E-state index >= 15 is 0 Å². The number of imidazole rings is 1. The van der Waals surface area contributed by atoms with Crippen LogP contribution >= 0.6 is 11.6 Å². The van der Waals surface area contributed by atoms with E-state index in [1.807, 2.05) is 4.57 Å². The Bertz CT molecular complexity index is 620. The van der Waals surface area contributed by atoms with Crippen LogP contribution in [0.25, 0.3) is 0 Å². The Morgan fingerprint density at radius 1 is 1.45 bits per heavy atom. The maximum absolute atomic E-state index is 11.3. The number of hydrogen-bond donors (Lipinski definition) is 0. The van der Waals surface area contributed by atoms with Crippen molar-refractivity contribution in [3.63, 3.8) is 0 Å². The summed E-state index contributed by atoms with van der Waals surface area (Å²) in [6.45, 7) is 6.06. The summed E-state index contributed by atoms with van der Waals surface area (Å²) in [5.74, 6) is 0.546. The summed E-state index contributed by atoms with van der Waals surface area (Å²) in [6, 6.07) is 5.38. The third-order valence-electron chi connectivity index (χ3n) is 3.02. The van der Waals surface area contributed by atoms with Crippen LogP contribution in [0.1, 0.15) is 42.9 Å². The molecule has 0 atom stereocenters. The molecule has 106 valence electrons. The number of ether oxygens (including phenoxy) is 1. The molecule has 4 nitrogen and oxygen atoms in total. The van der Waals surface area contributed by atoms with Crippen molar-refractivity contribution < 1.29 is 9.53 Å². The smallest absolute Gasteiger partial charge is 0.159 e. The zero-order valence-corrected chi connectivity index (χ0v) is 12.5. The molecule has 0 fully saturated rings. The van der Waals surface area contributed by atoms with Crippen molar-refractivity contribution in [1.29, 1.82) is 0 Å². The van der Waals surface area contributed by atoms with Crippen molar-refractivity contribution in [3.8, 4) is 5.75 Å². The fourth-order valence-electron chi connectivity index (χ4n) is 1.90. The van der Waals surface area contributed by atoms with Crippen LogP contribution in [0, 0.1) is 0 Å². The van der Waals surface area contributed by atoms with Gasteiger partial charge in [0, 0.05) is 11.6 Å². The minimum Gasteiger partial charge on any atom is -0.486 e. The summed E-state index contributed by atoms with van der Waals surface area (Å²) in [6.07, 6.45) is 3.56. The highest BCUT2D eigenvalue weighted by atomic mass is 35.5. The fraction of sp³-hybridized carbons (Fsp3) is 0.333. The van der Waals surface area contributed by atoms with E-state index in [9.17, 15) is 4.79 Å². The molecule has 1 heterocycles. The Labute approximate surface area is 123 Å². The molecule has 0 N–H and O–H groups in total. The number of carbonyl (C=O) groups is 1. The molecule has 2 aromatic rings. The molecule has 5 heteroatoms. The van der Waals surface area contributed by atoms with Gasteiger partial charge < -0.3 is 9.30 Å². The summed E-state index contributed by atoms with van der Waals surface area (Å²) in [5, 5.41) is 0.438. The Morgan fingerprint density at radius 2 is 2.20 bits per heavy atom. The van der Waals surface area contributed by atoms with Gasteiger partial charge in [-0.1, -0.05) is 11.6 Å². The van der Waals surface area contributed by atoms with E-state index in [-0.39, 0.29) is 5.78 Å². The van der Waals surface area contributed by atoms with Crippen LogP contribution in [0.3, 0.4) is 0 Å². The first kappa shape index (κ1) is 14.6. The maximum atomic E-state index is 11.3. The lowest BCUT2D eigenvalue weighted by Gasteiger charge is -2.13. The standard InChI is InChI=1S/C15H17ClN2O2/c1-10(2)18-9-17-7-13(18)8-20-15-5-4-12(11(3)19)6-14(15)16/h4-7,9-10H,8H2,1-3H3. The SMILES string of the molecule is CC(=O)c1ccc(OCc2cncn2C(C)C)c(Cl)c1. The normalized spacial score (nSPS) is 10.8. The molecule has 0 saturated heterocycles. The molecular weight excluding hydrogens is 276 g/mol. The van der Waals surface area contributed by atoms with Crippen molar-refractivity contribution in [3.05, 3.63) is 47.0 Å². The number of ketones is 1. The van der Waals surface area contributed by atoms with E-state index in [4.69, 9.17) is 16.3 Å². The minimum atomic E-state index is -0.0173. The molecule has 1 aromatic carbocycles. The zero-order chi connectivity index (χ0) is 14.7. The molecule has 0 aliphatic rings. The second kappa shape index (κ2) is 6.09. The van der Waals surface area contributed by atoms with Crippen LogP contribution in [0.15, 0.2) is 30.7 Å². The predicted octanol–water partition coefficient (Wildman–Crippen LogP) is 3.90. The monoisotopic (exact) mass is 292 g/mol. The van der Waals surface area contributed by atoms with Gasteiger partial charge in [-0.25, -0.2) is 4.98 Å². The van der Waals surface area contributed by atoms with Crippen LogP contribution in [0.5, 0.6) is 5.75 Å². The van der Waals surface area contributed by atoms with E-state index in [0.717, 1.165) is 5.69 Å². The maximum Gasteiger partial charge on any atom is 0.159 e. The number of carbonyl (C=O) groups excluding carboxylic acids is 1. The average Bonchev–Trinajstić information content (AvgIpc) is 2.85. The third-order valence-corrected chi connectivity index (χ3v) is 3.31. The second-order valence-corrected chi connectivity index (χ2v) is 5.28. The highest BCUT2D eigenvalue weighted by Crippen LogP contribution is 2.26. The van der Waals surface area contributed by atoms with E-state index in [0.29, 0.717) is 29.0 Å². The highest BCUT2D eigenvalue weighted by molar-refractivity contribution is 6.32. The molecule has 0 amide bonds. The average molecular weight is 293 g/mol. The Hall–Kier alpha value is -1.81. The van der Waals surface area contributed by atoms with Crippen molar-refractivity contribution in [2.24, 2.45) is 0 Å². The van der Waals surface area contributed by atoms with Crippen molar-refractivity contribution in [2.75, 3.05) is 0 Å². The Kier molecular flexibility index (Phi) is 4.45. The summed E-state index contributed by atoms with van der Waals surface area (Å²) in [5.41, 5.74) is 1.56. The van der Waals surface area contributed by atoms with Gasteiger partial charge in [-0.3, -0.25) is 4.79 Å². The number of nitrogens with zero attached hydrogens (tertiary/aromatic N) is 2. The number of rotatable bonds is 5. The lowest BCUT2D eigenvalue weighted by molar-refractivity contribution is 0.101. The van der Waals surface area contributed by atoms with Crippen LogP contribution < -0.4 is 4.74 Å². The minimum absolute atomic E-state index is 0.0173. The summed E-state index contributed by atoms with van der Waals surface area (Å²) in [7, 11) is 0. The van der Waals surface area contributed by atoms with Gasteiger partial charge >= 0.3 is 0 Å². The van der Waals surface area contributed by atoms with E-state index in [2.05, 4.69) is 18.8 Å². The van der Waals surface area contributed by atoms with E-state index in [1.165, 1.54) is 6.92 Å². The molecule has 0 saturated carbocycles. The lowest BCUT2D eigenvalue weighted by atomic mass is 10.1. The second-order valence-electron chi connectivity index (χ2n) is 4.88. The molecule has 20 heavy (non-hydrogen) atoms. The largest absolute Gasteiger partial charge is 0.486 e. The van der Waals surface area contributed by atoms with Crippen molar-refractivity contribution >= 4 is 17.4 Å². The number of halogens is 1. The van der Waals surface area contributed by atoms with E-state index in [1.54, 1.807) is 30.7 Å². The molecule has 0 bridgehead atoms. The molecular formula is C15H17ClN2O2. The van der Waals surface area contributed by atoms with Crippen LogP contribution in [-0.2, 0) is 6.61 Å². The Balaban J connectivity index is 2.11. The molecule has 1 aromatic heterocycles. The van der Waals surface area contributed by atoms with Gasteiger partial charge in [-0.2, -0.15) is 0 Å². The number of aromatic nitrogens is 2. The quantitative estimate of drug-likeness (QED) is 0.785. The fourth-order valence-corrected chi connectivity index (χ4v) is 2.13. The molecule has 0 radical (unpaired) electrons. The zero-order valence-electron chi connectivity index (χ0n) is 11.8. The molecule has 0 unspecified atom stereocenters. The van der Waals surface area contributed by atoms with Crippen LogP contribution in [0.2, 0.25) is 5.02 Å². The first-order chi connectivity index (χ1) is 9.49. The van der Waals surface area contributed by atoms with Gasteiger partial charge in [0.05, 0.1) is 23.2 Å². The van der Waals surface area contributed by atoms with Gasteiger partial charge in [0.15, 0.2) is 5.78 Å². The number of Topliss-reactive ketones (excluding diaryl/α,β-unsaturated/α-hetero) is 1. The number of benzene rings is 1. The summed E-state index contributed by atoms with van der Waals surface area (Å²) >= 11 is 6.12. The van der Waals surface area contributed by atoms with Crippen molar-refractivity contribution in [2.45, 2.75) is 33.4 Å². The molecule has 2 rings (SSSR count). The first-order valence-electron chi connectivity index (χ1n) is 6.43. The van der Waals surface area contributed by atoms with Crippen molar-refractivity contribution in [1.82, 2.24) is 9.55 Å². The van der Waals surface area contributed by atoms with Gasteiger partial charge in [-0.05, 0) is 39.0 Å². The summed E-state index contributed by atoms with van der Waals surface area (Å²) < 4.78 is 7.74. The van der Waals surface area contributed by atoms with Gasteiger partial charge in [0.25, 0.3) is 0 Å². The molecule has 0 spiro atoms. The topological polar surface area (TPSA) is 44.1 Å². The number of hydrogen-bond acceptors (Lipinski definition) is 3. The lowest BCUT2D eigenvalue weighted by Crippen LogP contribution is -2.07. The van der Waals surface area contributed by atoms with Crippen LogP contribution in [-0.4, -0.2) is 15.3 Å². The third kappa shape index (κ3) is 3.20. The molecule has 0 aliphatic heterocycles. The first-order valence-corrected chi connectivity index (χ1v) is 6.81. The summed E-state index contributed by atoms with van der Waals surface area (Å²) in [4.78, 5) is 15.4. The van der Waals surface area contributed by atoms with Crippen LogP contribution in [0.4, 0.5) is 0 Å². The van der Waals surface area contributed by atoms with Gasteiger partial charge in [0.1, 0.15) is 12.4 Å². The highest BCUT2D eigenvalue weighted by Gasteiger charge is 2.09. The Morgan fingerprint density at radius 3 is 2.80 bits per heavy atom. The predicted molar refractivity (Wildman–Crippen MR) is 78.4 cm³/mol. The molecule has 0 aliphatic carbocycles.